The van der Waals surface area contributed by atoms with Gasteiger partial charge in [-0.05, 0) is 37.9 Å². The third kappa shape index (κ3) is 3.24. The van der Waals surface area contributed by atoms with E-state index in [0.717, 1.165) is 30.7 Å². The van der Waals surface area contributed by atoms with Crippen molar-refractivity contribution < 1.29 is 4.79 Å². The molecule has 2 aliphatic heterocycles. The van der Waals surface area contributed by atoms with Crippen LogP contribution < -0.4 is 10.6 Å². The van der Waals surface area contributed by atoms with Crippen molar-refractivity contribution in [2.24, 2.45) is 0 Å². The minimum Gasteiger partial charge on any atom is -0.338 e. The lowest BCUT2D eigenvalue weighted by Crippen LogP contribution is -2.49. The number of amides is 2. The standard InChI is InChI=1S/C18H25N5O/c24-18(21-15-8-12-22-10-3-1-5-16(15)22)19-9-7-14-13-23-11-4-2-6-17(23)20-14/h2,4,6,11,13,15-16H,1,3,5,7-10,12H2,(H2,19,21,24)/t15-,16-/m0/s1. The molecule has 2 N–H and O–H groups in total. The van der Waals surface area contributed by atoms with Crippen LogP contribution in [0.3, 0.4) is 0 Å². The molecule has 2 atom stereocenters. The molecule has 128 valence electrons. The van der Waals surface area contributed by atoms with Crippen molar-refractivity contribution >= 4 is 11.7 Å². The Morgan fingerprint density at radius 1 is 1.25 bits per heavy atom. The topological polar surface area (TPSA) is 61.7 Å². The summed E-state index contributed by atoms with van der Waals surface area (Å²) >= 11 is 0. The van der Waals surface area contributed by atoms with E-state index < -0.39 is 0 Å². The maximum absolute atomic E-state index is 12.2. The molecule has 0 aromatic carbocycles. The van der Waals surface area contributed by atoms with Crippen molar-refractivity contribution in [2.45, 2.75) is 44.2 Å². The molecule has 2 aliphatic rings. The first-order valence-electron chi connectivity index (χ1n) is 9.00. The number of piperidine rings is 1. The van der Waals surface area contributed by atoms with Crippen LogP contribution in [0.4, 0.5) is 4.79 Å². The first kappa shape index (κ1) is 15.4. The van der Waals surface area contributed by atoms with E-state index >= 15 is 0 Å². The molecule has 0 aliphatic carbocycles. The summed E-state index contributed by atoms with van der Waals surface area (Å²) < 4.78 is 2.01. The van der Waals surface area contributed by atoms with Crippen LogP contribution in [0.25, 0.3) is 5.65 Å². The summed E-state index contributed by atoms with van der Waals surface area (Å²) in [5.41, 5.74) is 1.95. The second kappa shape index (κ2) is 6.81. The molecule has 0 bridgehead atoms. The second-order valence-corrected chi connectivity index (χ2v) is 6.84. The van der Waals surface area contributed by atoms with Gasteiger partial charge in [0.05, 0.1) is 5.69 Å². The number of carbonyl (C=O) groups excluding carboxylic acids is 1. The van der Waals surface area contributed by atoms with E-state index in [-0.39, 0.29) is 6.03 Å². The molecule has 6 nitrogen and oxygen atoms in total. The Hall–Kier alpha value is -2.08. The lowest BCUT2D eigenvalue weighted by Gasteiger charge is -2.32. The fourth-order valence-electron chi connectivity index (χ4n) is 4.05. The van der Waals surface area contributed by atoms with Gasteiger partial charge in [-0.25, -0.2) is 9.78 Å². The Kier molecular flexibility index (Phi) is 4.38. The van der Waals surface area contributed by atoms with Crippen molar-refractivity contribution in [1.29, 1.82) is 0 Å². The van der Waals surface area contributed by atoms with Crippen LogP contribution in [0.15, 0.2) is 30.6 Å². The van der Waals surface area contributed by atoms with Crippen molar-refractivity contribution in [3.05, 3.63) is 36.3 Å². The highest BCUT2D eigenvalue weighted by molar-refractivity contribution is 5.74. The molecule has 2 aromatic rings. The highest BCUT2D eigenvalue weighted by Crippen LogP contribution is 2.26. The quantitative estimate of drug-likeness (QED) is 0.900. The van der Waals surface area contributed by atoms with Gasteiger partial charge in [0.2, 0.25) is 0 Å². The number of hydrogen-bond acceptors (Lipinski definition) is 3. The lowest BCUT2D eigenvalue weighted by molar-refractivity contribution is 0.179. The maximum Gasteiger partial charge on any atom is 0.315 e. The summed E-state index contributed by atoms with van der Waals surface area (Å²) in [5, 5.41) is 6.15. The number of pyridine rings is 1. The molecule has 0 radical (unpaired) electrons. The Morgan fingerprint density at radius 2 is 2.21 bits per heavy atom. The van der Waals surface area contributed by atoms with Crippen molar-refractivity contribution in [1.82, 2.24) is 24.9 Å². The fraction of sp³-hybridized carbons (Fsp3) is 0.556. The first-order valence-corrected chi connectivity index (χ1v) is 9.00. The Labute approximate surface area is 142 Å². The molecule has 24 heavy (non-hydrogen) atoms. The summed E-state index contributed by atoms with van der Waals surface area (Å²) in [5.74, 6) is 0. The molecule has 4 heterocycles. The Bertz CT molecular complexity index is 679. The number of fused-ring (bicyclic) bond motifs is 2. The van der Waals surface area contributed by atoms with E-state index in [0.29, 0.717) is 18.6 Å². The van der Waals surface area contributed by atoms with Crippen molar-refractivity contribution in [3.63, 3.8) is 0 Å². The van der Waals surface area contributed by atoms with Gasteiger partial charge in [0.1, 0.15) is 5.65 Å². The molecule has 2 fully saturated rings. The molecule has 2 saturated heterocycles. The van der Waals surface area contributed by atoms with Gasteiger partial charge in [0.15, 0.2) is 0 Å². The highest BCUT2D eigenvalue weighted by atomic mass is 16.2. The van der Waals surface area contributed by atoms with Gasteiger partial charge >= 0.3 is 6.03 Å². The van der Waals surface area contributed by atoms with Crippen molar-refractivity contribution in [2.75, 3.05) is 19.6 Å². The van der Waals surface area contributed by atoms with Crippen LogP contribution in [0.5, 0.6) is 0 Å². The Morgan fingerprint density at radius 3 is 3.12 bits per heavy atom. The van der Waals surface area contributed by atoms with E-state index in [1.54, 1.807) is 0 Å². The van der Waals surface area contributed by atoms with Gasteiger partial charge in [0.25, 0.3) is 0 Å². The van der Waals surface area contributed by atoms with Gasteiger partial charge in [-0.3, -0.25) is 4.90 Å². The van der Waals surface area contributed by atoms with E-state index in [2.05, 4.69) is 20.5 Å². The molecular formula is C18H25N5O. The zero-order valence-electron chi connectivity index (χ0n) is 13.9. The average Bonchev–Trinajstić information content (AvgIpc) is 3.19. The number of hydrogen-bond donors (Lipinski definition) is 2. The van der Waals surface area contributed by atoms with Crippen LogP contribution in [0, 0.1) is 0 Å². The van der Waals surface area contributed by atoms with Gasteiger partial charge in [-0.1, -0.05) is 12.5 Å². The first-order chi connectivity index (χ1) is 11.8. The van der Waals surface area contributed by atoms with Gasteiger partial charge in [-0.2, -0.15) is 0 Å². The number of urea groups is 1. The number of carbonyl (C=O) groups is 1. The molecule has 2 aromatic heterocycles. The van der Waals surface area contributed by atoms with Crippen LogP contribution in [-0.4, -0.2) is 52.0 Å². The number of nitrogens with one attached hydrogen (secondary N) is 2. The molecule has 0 saturated carbocycles. The number of nitrogens with zero attached hydrogens (tertiary/aromatic N) is 3. The smallest absolute Gasteiger partial charge is 0.315 e. The lowest BCUT2D eigenvalue weighted by atomic mass is 9.99. The Balaban J connectivity index is 1.24. The van der Waals surface area contributed by atoms with Crippen LogP contribution >= 0.6 is 0 Å². The normalized spacial score (nSPS) is 24.0. The van der Waals surface area contributed by atoms with Crippen LogP contribution in [0.2, 0.25) is 0 Å². The summed E-state index contributed by atoms with van der Waals surface area (Å²) in [6.45, 7) is 2.92. The van der Waals surface area contributed by atoms with Gasteiger partial charge < -0.3 is 15.0 Å². The second-order valence-electron chi connectivity index (χ2n) is 6.84. The third-order valence-corrected chi connectivity index (χ3v) is 5.25. The maximum atomic E-state index is 12.2. The largest absolute Gasteiger partial charge is 0.338 e. The van der Waals surface area contributed by atoms with Gasteiger partial charge in [-0.15, -0.1) is 0 Å². The van der Waals surface area contributed by atoms with Crippen molar-refractivity contribution in [3.8, 4) is 0 Å². The molecule has 4 rings (SSSR count). The molecule has 6 heteroatoms. The third-order valence-electron chi connectivity index (χ3n) is 5.25. The zero-order chi connectivity index (χ0) is 16.4. The summed E-state index contributed by atoms with van der Waals surface area (Å²) in [6.07, 6.45) is 9.63. The number of aromatic nitrogens is 2. The minimum atomic E-state index is -0.0452. The van der Waals surface area contributed by atoms with E-state index in [1.165, 1.54) is 25.8 Å². The SMILES string of the molecule is O=C(NCCc1cn2ccccc2n1)N[C@H]1CCN2CCCC[C@@H]12. The summed E-state index contributed by atoms with van der Waals surface area (Å²) in [6, 6.07) is 6.76. The molecule has 2 amide bonds. The minimum absolute atomic E-state index is 0.0452. The predicted molar refractivity (Wildman–Crippen MR) is 93.0 cm³/mol. The monoisotopic (exact) mass is 327 g/mol. The van der Waals surface area contributed by atoms with Crippen LogP contribution in [0.1, 0.15) is 31.4 Å². The highest BCUT2D eigenvalue weighted by Gasteiger charge is 2.36. The average molecular weight is 327 g/mol. The van der Waals surface area contributed by atoms with E-state index in [4.69, 9.17) is 0 Å². The summed E-state index contributed by atoms with van der Waals surface area (Å²) in [4.78, 5) is 19.3. The fourth-order valence-corrected chi connectivity index (χ4v) is 4.05. The van der Waals surface area contributed by atoms with E-state index in [9.17, 15) is 4.79 Å². The number of imidazole rings is 1. The predicted octanol–water partition coefficient (Wildman–Crippen LogP) is 1.80. The van der Waals surface area contributed by atoms with Crippen LogP contribution in [-0.2, 0) is 6.42 Å². The molecular weight excluding hydrogens is 302 g/mol. The molecule has 0 spiro atoms. The number of rotatable bonds is 4. The zero-order valence-corrected chi connectivity index (χ0v) is 13.9. The molecule has 0 unspecified atom stereocenters. The van der Waals surface area contributed by atoms with Gasteiger partial charge in [0, 0.05) is 44.0 Å². The summed E-state index contributed by atoms with van der Waals surface area (Å²) in [7, 11) is 0. The van der Waals surface area contributed by atoms with E-state index in [1.807, 2.05) is 35.0 Å².